The molecule has 0 aliphatic carbocycles. The van der Waals surface area contributed by atoms with E-state index in [9.17, 15) is 0 Å². The van der Waals surface area contributed by atoms with Gasteiger partial charge in [0.15, 0.2) is 0 Å². The van der Waals surface area contributed by atoms with Crippen LogP contribution in [0.5, 0.6) is 0 Å². The second-order valence-corrected chi connectivity index (χ2v) is 6.10. The van der Waals surface area contributed by atoms with E-state index in [2.05, 4.69) is 64.3 Å². The quantitative estimate of drug-likeness (QED) is 0.814. The lowest BCUT2D eigenvalue weighted by Gasteiger charge is -2.14. The summed E-state index contributed by atoms with van der Waals surface area (Å²) in [4.78, 5) is 4.53. The molecule has 0 saturated carbocycles. The number of nitrogens with one attached hydrogen (secondary N) is 1. The molecule has 0 fully saturated rings. The van der Waals surface area contributed by atoms with E-state index in [0.29, 0.717) is 17.8 Å². The highest BCUT2D eigenvalue weighted by atomic mass is 79.9. The zero-order chi connectivity index (χ0) is 15.2. The summed E-state index contributed by atoms with van der Waals surface area (Å²) in [6, 6.07) is 6.52. The summed E-state index contributed by atoms with van der Waals surface area (Å²) in [7, 11) is 0. The van der Waals surface area contributed by atoms with Crippen molar-refractivity contribution >= 4 is 15.9 Å². The van der Waals surface area contributed by atoms with Gasteiger partial charge in [-0.3, -0.25) is 0 Å². The van der Waals surface area contributed by atoms with Crippen LogP contribution in [0.1, 0.15) is 38.1 Å². The van der Waals surface area contributed by atoms with Gasteiger partial charge in [0.05, 0.1) is 0 Å². The molecule has 1 heterocycles. The molecule has 0 radical (unpaired) electrons. The maximum atomic E-state index is 5.41. The average molecular weight is 352 g/mol. The summed E-state index contributed by atoms with van der Waals surface area (Å²) in [6.45, 7) is 7.31. The fourth-order valence-corrected chi connectivity index (χ4v) is 3.04. The van der Waals surface area contributed by atoms with Gasteiger partial charge in [0.1, 0.15) is 0 Å². The molecular formula is C16H22BrN3O. The molecule has 2 rings (SSSR count). The van der Waals surface area contributed by atoms with Crippen LogP contribution in [0.15, 0.2) is 27.2 Å². The summed E-state index contributed by atoms with van der Waals surface area (Å²) in [5.74, 6) is 1.33. The fraction of sp³-hybridized carbons (Fsp3) is 0.500. The molecule has 114 valence electrons. The number of aromatic nitrogens is 2. The van der Waals surface area contributed by atoms with Gasteiger partial charge in [-0.1, -0.05) is 47.4 Å². The Morgan fingerprint density at radius 3 is 2.81 bits per heavy atom. The first-order valence-corrected chi connectivity index (χ1v) is 8.25. The molecule has 2 aromatic rings. The minimum atomic E-state index is 0.398. The highest BCUT2D eigenvalue weighted by Crippen LogP contribution is 2.27. The number of likely N-dealkylation sites (N-methyl/N-ethyl adjacent to an activating group) is 1. The van der Waals surface area contributed by atoms with Crippen LogP contribution in [0, 0.1) is 6.92 Å². The minimum absolute atomic E-state index is 0.398. The van der Waals surface area contributed by atoms with E-state index in [4.69, 9.17) is 4.52 Å². The monoisotopic (exact) mass is 351 g/mol. The Morgan fingerprint density at radius 1 is 1.33 bits per heavy atom. The van der Waals surface area contributed by atoms with Crippen LogP contribution in [0.2, 0.25) is 0 Å². The Hall–Kier alpha value is -1.20. The van der Waals surface area contributed by atoms with Crippen LogP contribution in [0.25, 0.3) is 11.4 Å². The Kier molecular flexibility index (Phi) is 5.94. The van der Waals surface area contributed by atoms with Crippen molar-refractivity contribution in [3.05, 3.63) is 34.1 Å². The van der Waals surface area contributed by atoms with Crippen LogP contribution in [0.3, 0.4) is 0 Å². The van der Waals surface area contributed by atoms with Crippen LogP contribution in [0.4, 0.5) is 0 Å². The normalized spacial score (nSPS) is 12.6. The standard InChI is InChI=1S/C16H22BrN3O/c1-4-6-12(18-5-2)10-15-19-16(20-21-15)13-8-7-11(3)9-14(13)17/h7-9,12,18H,4-6,10H2,1-3H3. The van der Waals surface area contributed by atoms with Gasteiger partial charge in [0.2, 0.25) is 11.7 Å². The molecule has 1 unspecified atom stereocenters. The van der Waals surface area contributed by atoms with Crippen molar-refractivity contribution in [3.63, 3.8) is 0 Å². The lowest BCUT2D eigenvalue weighted by atomic mass is 10.1. The van der Waals surface area contributed by atoms with Gasteiger partial charge in [-0.15, -0.1) is 0 Å². The van der Waals surface area contributed by atoms with Crippen molar-refractivity contribution in [1.82, 2.24) is 15.5 Å². The molecule has 1 aromatic heterocycles. The van der Waals surface area contributed by atoms with Crippen molar-refractivity contribution in [2.45, 2.75) is 46.1 Å². The molecule has 1 atom stereocenters. The van der Waals surface area contributed by atoms with Crippen LogP contribution in [-0.4, -0.2) is 22.7 Å². The van der Waals surface area contributed by atoms with E-state index in [1.165, 1.54) is 5.56 Å². The highest BCUT2D eigenvalue weighted by molar-refractivity contribution is 9.10. The third-order valence-electron chi connectivity index (χ3n) is 3.38. The zero-order valence-electron chi connectivity index (χ0n) is 12.8. The number of benzene rings is 1. The molecule has 0 bridgehead atoms. The molecule has 21 heavy (non-hydrogen) atoms. The van der Waals surface area contributed by atoms with E-state index >= 15 is 0 Å². The second-order valence-electron chi connectivity index (χ2n) is 5.24. The Balaban J connectivity index is 2.13. The molecule has 5 heteroatoms. The maximum Gasteiger partial charge on any atom is 0.228 e. The Morgan fingerprint density at radius 2 is 2.14 bits per heavy atom. The van der Waals surface area contributed by atoms with Crippen molar-refractivity contribution in [2.24, 2.45) is 0 Å². The average Bonchev–Trinajstić information content (AvgIpc) is 2.87. The van der Waals surface area contributed by atoms with Gasteiger partial charge in [0, 0.05) is 22.5 Å². The molecule has 0 aliphatic heterocycles. The summed E-state index contributed by atoms with van der Waals surface area (Å²) in [5, 5.41) is 7.57. The minimum Gasteiger partial charge on any atom is -0.339 e. The number of hydrogen-bond acceptors (Lipinski definition) is 4. The van der Waals surface area contributed by atoms with Crippen molar-refractivity contribution < 1.29 is 4.52 Å². The van der Waals surface area contributed by atoms with Gasteiger partial charge in [0.25, 0.3) is 0 Å². The SMILES string of the molecule is CCCC(Cc1nc(-c2ccc(C)cc2Br)no1)NCC. The number of aryl methyl sites for hydroxylation is 1. The largest absolute Gasteiger partial charge is 0.339 e. The third kappa shape index (κ3) is 4.38. The van der Waals surface area contributed by atoms with Gasteiger partial charge in [-0.05, 0) is 37.6 Å². The van der Waals surface area contributed by atoms with E-state index in [-0.39, 0.29) is 0 Å². The van der Waals surface area contributed by atoms with Gasteiger partial charge >= 0.3 is 0 Å². The molecule has 0 spiro atoms. The topological polar surface area (TPSA) is 51.0 Å². The lowest BCUT2D eigenvalue weighted by Crippen LogP contribution is -2.30. The van der Waals surface area contributed by atoms with Crippen molar-refractivity contribution in [2.75, 3.05) is 6.54 Å². The number of halogens is 1. The predicted molar refractivity (Wildman–Crippen MR) is 88.2 cm³/mol. The molecule has 4 nitrogen and oxygen atoms in total. The first-order valence-electron chi connectivity index (χ1n) is 7.46. The third-order valence-corrected chi connectivity index (χ3v) is 4.04. The number of rotatable bonds is 7. The van der Waals surface area contributed by atoms with E-state index in [1.807, 2.05) is 6.07 Å². The smallest absolute Gasteiger partial charge is 0.228 e. The van der Waals surface area contributed by atoms with E-state index in [0.717, 1.165) is 35.8 Å². The second kappa shape index (κ2) is 7.71. The molecule has 1 aromatic carbocycles. The van der Waals surface area contributed by atoms with Crippen LogP contribution >= 0.6 is 15.9 Å². The van der Waals surface area contributed by atoms with Crippen LogP contribution in [-0.2, 0) is 6.42 Å². The summed E-state index contributed by atoms with van der Waals surface area (Å²) in [5.41, 5.74) is 2.16. The van der Waals surface area contributed by atoms with E-state index < -0.39 is 0 Å². The molecule has 0 amide bonds. The summed E-state index contributed by atoms with van der Waals surface area (Å²) >= 11 is 3.56. The zero-order valence-corrected chi connectivity index (χ0v) is 14.4. The van der Waals surface area contributed by atoms with Gasteiger partial charge in [-0.25, -0.2) is 0 Å². The predicted octanol–water partition coefficient (Wildman–Crippen LogP) is 4.13. The Labute approximate surface area is 134 Å². The first-order chi connectivity index (χ1) is 10.1. The first kappa shape index (κ1) is 16.2. The number of hydrogen-bond donors (Lipinski definition) is 1. The molecular weight excluding hydrogens is 330 g/mol. The molecule has 0 aliphatic rings. The van der Waals surface area contributed by atoms with Crippen molar-refractivity contribution in [1.29, 1.82) is 0 Å². The number of nitrogens with zero attached hydrogens (tertiary/aromatic N) is 2. The van der Waals surface area contributed by atoms with Crippen molar-refractivity contribution in [3.8, 4) is 11.4 Å². The maximum absolute atomic E-state index is 5.41. The van der Waals surface area contributed by atoms with E-state index in [1.54, 1.807) is 0 Å². The highest BCUT2D eigenvalue weighted by Gasteiger charge is 2.15. The van der Waals surface area contributed by atoms with Gasteiger partial charge < -0.3 is 9.84 Å². The molecule has 0 saturated heterocycles. The molecule has 1 N–H and O–H groups in total. The lowest BCUT2D eigenvalue weighted by molar-refractivity contribution is 0.352. The van der Waals surface area contributed by atoms with Gasteiger partial charge in [-0.2, -0.15) is 4.98 Å². The van der Waals surface area contributed by atoms with Crippen LogP contribution < -0.4 is 5.32 Å². The summed E-state index contributed by atoms with van der Waals surface area (Å²) < 4.78 is 6.40. The summed E-state index contributed by atoms with van der Waals surface area (Å²) in [6.07, 6.45) is 3.03. The Bertz CT molecular complexity index is 577. The fourth-order valence-electron chi connectivity index (χ4n) is 2.37.